The molecule has 7 nitrogen and oxygen atoms in total. The number of piperazine rings is 1. The Morgan fingerprint density at radius 3 is 2.64 bits per heavy atom. The molecule has 0 aliphatic carbocycles. The van der Waals surface area contributed by atoms with Crippen molar-refractivity contribution in [2.45, 2.75) is 6.04 Å². The summed E-state index contributed by atoms with van der Waals surface area (Å²) in [7, 11) is 3.66. The number of nitrogens with zero attached hydrogens (tertiary/aromatic N) is 2. The van der Waals surface area contributed by atoms with E-state index in [9.17, 15) is 9.59 Å². The van der Waals surface area contributed by atoms with E-state index < -0.39 is 11.8 Å². The number of thiophene rings is 1. The average molecular weight is 403 g/mol. The maximum atomic E-state index is 12.3. The third kappa shape index (κ3) is 5.31. The molecule has 1 aromatic heterocycles. The molecule has 2 amide bonds. The summed E-state index contributed by atoms with van der Waals surface area (Å²) in [6.07, 6.45) is 0. The average Bonchev–Trinajstić information content (AvgIpc) is 3.24. The number of methoxy groups -OCH3 is 1. The predicted molar refractivity (Wildman–Crippen MR) is 111 cm³/mol. The first-order valence-corrected chi connectivity index (χ1v) is 10.2. The van der Waals surface area contributed by atoms with E-state index in [2.05, 4.69) is 38.9 Å². The highest BCUT2D eigenvalue weighted by molar-refractivity contribution is 7.08. The topological polar surface area (TPSA) is 73.9 Å². The Balaban J connectivity index is 1.59. The largest absolute Gasteiger partial charge is 0.497 e. The SMILES string of the molecule is COc1cccc(NC(=O)C(=O)NCC(c2ccsc2)N2CCN(C)CC2)c1. The molecule has 1 aromatic carbocycles. The van der Waals surface area contributed by atoms with Gasteiger partial charge >= 0.3 is 11.8 Å². The molecule has 0 spiro atoms. The fourth-order valence-electron chi connectivity index (χ4n) is 3.21. The van der Waals surface area contributed by atoms with Gasteiger partial charge in [0.2, 0.25) is 0 Å². The number of hydrogen-bond donors (Lipinski definition) is 2. The van der Waals surface area contributed by atoms with Gasteiger partial charge in [-0.2, -0.15) is 11.3 Å². The van der Waals surface area contributed by atoms with Crippen molar-refractivity contribution < 1.29 is 14.3 Å². The summed E-state index contributed by atoms with van der Waals surface area (Å²) in [5.41, 5.74) is 1.69. The lowest BCUT2D eigenvalue weighted by molar-refractivity contribution is -0.136. The summed E-state index contributed by atoms with van der Waals surface area (Å²) >= 11 is 1.64. The minimum Gasteiger partial charge on any atom is -0.497 e. The monoisotopic (exact) mass is 402 g/mol. The number of carbonyl (C=O) groups is 2. The Hall–Kier alpha value is -2.42. The number of amides is 2. The fourth-order valence-corrected chi connectivity index (χ4v) is 3.92. The normalized spacial score (nSPS) is 16.4. The molecule has 1 aliphatic heterocycles. The molecule has 1 aliphatic rings. The lowest BCUT2D eigenvalue weighted by atomic mass is 10.1. The van der Waals surface area contributed by atoms with Gasteiger partial charge in [0.1, 0.15) is 5.75 Å². The maximum Gasteiger partial charge on any atom is 0.313 e. The minimum atomic E-state index is -0.685. The standard InChI is InChI=1S/C20H26N4O3S/c1-23-7-9-24(10-8-23)18(15-6-11-28-14-15)13-21-19(25)20(26)22-16-4-3-5-17(12-16)27-2/h3-6,11-12,14,18H,7-10,13H2,1-2H3,(H,21,25)(H,22,26). The molecular formula is C20H26N4O3S. The zero-order chi connectivity index (χ0) is 19.9. The van der Waals surface area contributed by atoms with E-state index in [1.165, 1.54) is 5.56 Å². The molecule has 0 saturated carbocycles. The second kappa shape index (κ2) is 9.68. The zero-order valence-corrected chi connectivity index (χ0v) is 17.0. The van der Waals surface area contributed by atoms with Gasteiger partial charge in [-0.25, -0.2) is 0 Å². The fraction of sp³-hybridized carbons (Fsp3) is 0.400. The van der Waals surface area contributed by atoms with Crippen LogP contribution < -0.4 is 15.4 Å². The van der Waals surface area contributed by atoms with E-state index in [-0.39, 0.29) is 6.04 Å². The number of carbonyl (C=O) groups excluding carboxylic acids is 2. The van der Waals surface area contributed by atoms with Crippen molar-refractivity contribution in [3.63, 3.8) is 0 Å². The highest BCUT2D eigenvalue weighted by Gasteiger charge is 2.25. The van der Waals surface area contributed by atoms with E-state index in [0.29, 0.717) is 18.0 Å². The first kappa shape index (κ1) is 20.3. The summed E-state index contributed by atoms with van der Waals surface area (Å²) in [5, 5.41) is 9.55. The Labute approximate surface area is 169 Å². The second-order valence-electron chi connectivity index (χ2n) is 6.81. The lowest BCUT2D eigenvalue weighted by Gasteiger charge is -2.37. The molecule has 3 rings (SSSR count). The van der Waals surface area contributed by atoms with Crippen LogP contribution in [-0.4, -0.2) is 68.5 Å². The van der Waals surface area contributed by atoms with Gasteiger partial charge in [0.25, 0.3) is 0 Å². The molecule has 0 radical (unpaired) electrons. The van der Waals surface area contributed by atoms with Gasteiger partial charge in [-0.05, 0) is 41.6 Å². The Morgan fingerprint density at radius 2 is 1.96 bits per heavy atom. The summed E-state index contributed by atoms with van der Waals surface area (Å²) in [5.74, 6) is -0.710. The van der Waals surface area contributed by atoms with E-state index in [0.717, 1.165) is 26.2 Å². The van der Waals surface area contributed by atoms with E-state index in [1.807, 2.05) is 5.38 Å². The van der Waals surface area contributed by atoms with Crippen LogP contribution in [0, 0.1) is 0 Å². The molecule has 1 fully saturated rings. The summed E-state index contributed by atoms with van der Waals surface area (Å²) in [4.78, 5) is 29.2. The van der Waals surface area contributed by atoms with Crippen molar-refractivity contribution in [2.75, 3.05) is 52.2 Å². The van der Waals surface area contributed by atoms with Crippen molar-refractivity contribution in [1.82, 2.24) is 15.1 Å². The highest BCUT2D eigenvalue weighted by Crippen LogP contribution is 2.23. The van der Waals surface area contributed by atoms with E-state index in [1.54, 1.807) is 42.7 Å². The minimum absolute atomic E-state index is 0.0634. The van der Waals surface area contributed by atoms with Gasteiger partial charge in [0.05, 0.1) is 13.2 Å². The summed E-state index contributed by atoms with van der Waals surface area (Å²) in [6, 6.07) is 9.06. The third-order valence-corrected chi connectivity index (χ3v) is 5.60. The quantitative estimate of drug-likeness (QED) is 0.721. The smallest absolute Gasteiger partial charge is 0.313 e. The molecule has 2 aromatic rings. The molecule has 150 valence electrons. The number of rotatable bonds is 6. The summed E-state index contributed by atoms with van der Waals surface area (Å²) < 4.78 is 5.13. The number of likely N-dealkylation sites (N-methyl/N-ethyl adjacent to an activating group) is 1. The van der Waals surface area contributed by atoms with Crippen molar-refractivity contribution in [2.24, 2.45) is 0 Å². The van der Waals surface area contributed by atoms with E-state index in [4.69, 9.17) is 4.74 Å². The van der Waals surface area contributed by atoms with E-state index >= 15 is 0 Å². The Bertz CT molecular complexity index is 789. The van der Waals surface area contributed by atoms with Crippen LogP contribution in [0.1, 0.15) is 11.6 Å². The van der Waals surface area contributed by atoms with Crippen molar-refractivity contribution in [3.8, 4) is 5.75 Å². The van der Waals surface area contributed by atoms with Crippen LogP contribution in [-0.2, 0) is 9.59 Å². The van der Waals surface area contributed by atoms with Crippen LogP contribution >= 0.6 is 11.3 Å². The van der Waals surface area contributed by atoms with Gasteiger partial charge < -0.3 is 20.3 Å². The van der Waals surface area contributed by atoms with Gasteiger partial charge in [0.15, 0.2) is 0 Å². The maximum absolute atomic E-state index is 12.3. The first-order chi connectivity index (χ1) is 13.6. The van der Waals surface area contributed by atoms with Crippen LogP contribution in [0.4, 0.5) is 5.69 Å². The van der Waals surface area contributed by atoms with Gasteiger partial charge in [-0.1, -0.05) is 6.07 Å². The van der Waals surface area contributed by atoms with Gasteiger partial charge in [-0.15, -0.1) is 0 Å². The predicted octanol–water partition coefficient (Wildman–Crippen LogP) is 1.80. The van der Waals surface area contributed by atoms with Crippen molar-refractivity contribution in [1.29, 1.82) is 0 Å². The van der Waals surface area contributed by atoms with Crippen LogP contribution in [0.5, 0.6) is 5.75 Å². The number of ether oxygens (including phenoxy) is 1. The number of nitrogens with one attached hydrogen (secondary N) is 2. The summed E-state index contributed by atoms with van der Waals surface area (Å²) in [6.45, 7) is 4.24. The van der Waals surface area contributed by atoms with Crippen LogP contribution in [0.25, 0.3) is 0 Å². The zero-order valence-electron chi connectivity index (χ0n) is 16.2. The lowest BCUT2D eigenvalue weighted by Crippen LogP contribution is -2.49. The molecule has 2 N–H and O–H groups in total. The number of benzene rings is 1. The number of hydrogen-bond acceptors (Lipinski definition) is 6. The highest BCUT2D eigenvalue weighted by atomic mass is 32.1. The molecule has 8 heteroatoms. The Kier molecular flexibility index (Phi) is 7.02. The van der Waals surface area contributed by atoms with Crippen LogP contribution in [0.15, 0.2) is 41.1 Å². The van der Waals surface area contributed by atoms with Crippen LogP contribution in [0.2, 0.25) is 0 Å². The molecule has 1 atom stereocenters. The molecule has 2 heterocycles. The van der Waals surface area contributed by atoms with Gasteiger partial charge in [-0.3, -0.25) is 14.5 Å². The molecule has 28 heavy (non-hydrogen) atoms. The molecular weight excluding hydrogens is 376 g/mol. The molecule has 1 unspecified atom stereocenters. The number of anilines is 1. The van der Waals surface area contributed by atoms with Crippen molar-refractivity contribution >= 4 is 28.8 Å². The Morgan fingerprint density at radius 1 is 1.18 bits per heavy atom. The van der Waals surface area contributed by atoms with Gasteiger partial charge in [0, 0.05) is 44.5 Å². The van der Waals surface area contributed by atoms with Crippen LogP contribution in [0.3, 0.4) is 0 Å². The molecule has 1 saturated heterocycles. The van der Waals surface area contributed by atoms with Crippen molar-refractivity contribution in [3.05, 3.63) is 46.7 Å². The first-order valence-electron chi connectivity index (χ1n) is 9.24. The third-order valence-electron chi connectivity index (χ3n) is 4.90. The second-order valence-corrected chi connectivity index (χ2v) is 7.59. The molecule has 0 bridgehead atoms.